The van der Waals surface area contributed by atoms with Crippen LogP contribution >= 0.6 is 0 Å². The zero-order chi connectivity index (χ0) is 18.7. The van der Waals surface area contributed by atoms with Crippen LogP contribution in [0.25, 0.3) is 0 Å². The van der Waals surface area contributed by atoms with E-state index in [4.69, 9.17) is 4.42 Å². The Balaban J connectivity index is 1.78. The van der Waals surface area contributed by atoms with Crippen LogP contribution in [-0.2, 0) is 4.79 Å². The molecule has 1 aliphatic heterocycles. The molecule has 1 atom stereocenters. The molecule has 3 rings (SSSR count). The van der Waals surface area contributed by atoms with Crippen LogP contribution < -0.4 is 0 Å². The van der Waals surface area contributed by atoms with Crippen LogP contribution in [0.3, 0.4) is 0 Å². The predicted molar refractivity (Wildman–Crippen MR) is 97.1 cm³/mol. The Hall–Kier alpha value is -2.60. The summed E-state index contributed by atoms with van der Waals surface area (Å²) in [6.45, 7) is 6.12. The summed E-state index contributed by atoms with van der Waals surface area (Å²) < 4.78 is 5.20. The van der Waals surface area contributed by atoms with Crippen molar-refractivity contribution in [3.63, 3.8) is 0 Å². The van der Waals surface area contributed by atoms with Gasteiger partial charge in [0, 0.05) is 26.2 Å². The lowest BCUT2D eigenvalue weighted by atomic mass is 9.97. The minimum Gasteiger partial charge on any atom is -0.480 e. The molecule has 1 saturated heterocycles. The molecule has 1 unspecified atom stereocenters. The number of nitrogens with zero attached hydrogens (tertiary/aromatic N) is 2. The van der Waals surface area contributed by atoms with Crippen LogP contribution in [0, 0.1) is 13.8 Å². The SMILES string of the molecule is Cc1ccc(C)c(C(C(=O)O)N2CCCN(C(=O)c3ccco3)CC2)c1. The van der Waals surface area contributed by atoms with Gasteiger partial charge < -0.3 is 14.4 Å². The van der Waals surface area contributed by atoms with E-state index in [-0.39, 0.29) is 5.91 Å². The van der Waals surface area contributed by atoms with E-state index in [0.29, 0.717) is 31.9 Å². The van der Waals surface area contributed by atoms with E-state index in [0.717, 1.165) is 23.1 Å². The zero-order valence-electron chi connectivity index (χ0n) is 15.1. The van der Waals surface area contributed by atoms with Gasteiger partial charge in [-0.2, -0.15) is 0 Å². The van der Waals surface area contributed by atoms with Crippen molar-refractivity contribution in [1.29, 1.82) is 0 Å². The maximum Gasteiger partial charge on any atom is 0.325 e. The van der Waals surface area contributed by atoms with Gasteiger partial charge in [0.2, 0.25) is 0 Å². The first-order valence-corrected chi connectivity index (χ1v) is 8.84. The molecule has 1 aromatic heterocycles. The third kappa shape index (κ3) is 3.80. The number of benzene rings is 1. The Bertz CT molecular complexity index is 785. The molecule has 1 N–H and O–H groups in total. The van der Waals surface area contributed by atoms with Crippen LogP contribution in [0.2, 0.25) is 0 Å². The van der Waals surface area contributed by atoms with Gasteiger partial charge in [-0.15, -0.1) is 0 Å². The number of carboxylic acid groups (broad SMARTS) is 1. The van der Waals surface area contributed by atoms with E-state index < -0.39 is 12.0 Å². The molecule has 2 aromatic rings. The van der Waals surface area contributed by atoms with E-state index in [2.05, 4.69) is 0 Å². The number of carboxylic acids is 1. The van der Waals surface area contributed by atoms with Gasteiger partial charge in [-0.3, -0.25) is 14.5 Å². The first kappa shape index (κ1) is 18.2. The highest BCUT2D eigenvalue weighted by molar-refractivity contribution is 5.91. The predicted octanol–water partition coefficient (Wildman–Crippen LogP) is 2.87. The first-order valence-electron chi connectivity index (χ1n) is 8.84. The Labute approximate surface area is 153 Å². The highest BCUT2D eigenvalue weighted by Gasteiger charge is 2.31. The average molecular weight is 356 g/mol. The number of furan rings is 1. The molecule has 1 aliphatic rings. The molecule has 6 nitrogen and oxygen atoms in total. The molecule has 0 aliphatic carbocycles. The molecule has 138 valence electrons. The second-order valence-electron chi connectivity index (χ2n) is 6.76. The summed E-state index contributed by atoms with van der Waals surface area (Å²) in [7, 11) is 0. The number of carbonyl (C=O) groups excluding carboxylic acids is 1. The first-order chi connectivity index (χ1) is 12.5. The zero-order valence-corrected chi connectivity index (χ0v) is 15.1. The Morgan fingerprint density at radius 3 is 2.62 bits per heavy atom. The number of amides is 1. The van der Waals surface area contributed by atoms with Crippen LogP contribution in [-0.4, -0.2) is 53.0 Å². The summed E-state index contributed by atoms with van der Waals surface area (Å²) >= 11 is 0. The molecule has 6 heteroatoms. The third-order valence-corrected chi connectivity index (χ3v) is 4.88. The van der Waals surface area contributed by atoms with Crippen LogP contribution in [0.1, 0.15) is 39.7 Å². The quantitative estimate of drug-likeness (QED) is 0.912. The highest BCUT2D eigenvalue weighted by atomic mass is 16.4. The van der Waals surface area contributed by atoms with Crippen molar-refractivity contribution >= 4 is 11.9 Å². The smallest absolute Gasteiger partial charge is 0.325 e. The number of aryl methyl sites for hydroxylation is 2. The van der Waals surface area contributed by atoms with E-state index in [1.54, 1.807) is 17.0 Å². The summed E-state index contributed by atoms with van der Waals surface area (Å²) in [5, 5.41) is 9.87. The fraction of sp³-hybridized carbons (Fsp3) is 0.400. The van der Waals surface area contributed by atoms with Crippen molar-refractivity contribution in [1.82, 2.24) is 9.80 Å². The minimum atomic E-state index is -0.857. The lowest BCUT2D eigenvalue weighted by molar-refractivity contribution is -0.143. The molecule has 0 bridgehead atoms. The monoisotopic (exact) mass is 356 g/mol. The Morgan fingerprint density at radius 2 is 1.92 bits per heavy atom. The van der Waals surface area contributed by atoms with Gasteiger partial charge >= 0.3 is 5.97 Å². The van der Waals surface area contributed by atoms with Crippen LogP contribution in [0.4, 0.5) is 0 Å². The van der Waals surface area contributed by atoms with Crippen molar-refractivity contribution in [2.24, 2.45) is 0 Å². The maximum absolute atomic E-state index is 12.5. The maximum atomic E-state index is 12.5. The summed E-state index contributed by atoms with van der Waals surface area (Å²) in [6.07, 6.45) is 2.21. The molecule has 0 saturated carbocycles. The molecule has 1 aromatic carbocycles. The summed E-state index contributed by atoms with van der Waals surface area (Å²) in [5.41, 5.74) is 2.83. The summed E-state index contributed by atoms with van der Waals surface area (Å²) in [6, 6.07) is 8.55. The van der Waals surface area contributed by atoms with Gasteiger partial charge in [0.25, 0.3) is 5.91 Å². The molecule has 1 fully saturated rings. The molecule has 0 spiro atoms. The average Bonchev–Trinajstić information content (AvgIpc) is 3.04. The lowest BCUT2D eigenvalue weighted by Gasteiger charge is -2.29. The van der Waals surface area contributed by atoms with Crippen molar-refractivity contribution in [3.8, 4) is 0 Å². The molecule has 0 radical (unpaired) electrons. The summed E-state index contributed by atoms with van der Waals surface area (Å²) in [4.78, 5) is 28.2. The van der Waals surface area contributed by atoms with E-state index in [1.807, 2.05) is 36.9 Å². The second-order valence-corrected chi connectivity index (χ2v) is 6.76. The van der Waals surface area contributed by atoms with Crippen molar-refractivity contribution < 1.29 is 19.1 Å². The fourth-order valence-corrected chi connectivity index (χ4v) is 3.50. The second kappa shape index (κ2) is 7.74. The standard InChI is InChI=1S/C20H24N2O4/c1-14-6-7-15(2)16(13-14)18(20(24)25)21-8-4-9-22(11-10-21)19(23)17-5-3-12-26-17/h3,5-7,12-13,18H,4,8-11H2,1-2H3,(H,24,25). The number of rotatable bonds is 4. The van der Waals surface area contributed by atoms with Crippen LogP contribution in [0.5, 0.6) is 0 Å². The lowest BCUT2D eigenvalue weighted by Crippen LogP contribution is -2.39. The minimum absolute atomic E-state index is 0.143. The highest BCUT2D eigenvalue weighted by Crippen LogP contribution is 2.27. The van der Waals surface area contributed by atoms with Crippen molar-refractivity contribution in [2.45, 2.75) is 26.3 Å². The Morgan fingerprint density at radius 1 is 1.12 bits per heavy atom. The summed E-state index contributed by atoms with van der Waals surface area (Å²) in [5.74, 6) is -0.678. The van der Waals surface area contributed by atoms with Gasteiger partial charge in [-0.25, -0.2) is 0 Å². The normalized spacial score (nSPS) is 16.9. The largest absolute Gasteiger partial charge is 0.480 e. The molecular weight excluding hydrogens is 332 g/mol. The Kier molecular flexibility index (Phi) is 5.42. The molecule has 2 heterocycles. The molecular formula is C20H24N2O4. The van der Waals surface area contributed by atoms with Gasteiger partial charge in [0.1, 0.15) is 6.04 Å². The van der Waals surface area contributed by atoms with Gasteiger partial charge in [0.05, 0.1) is 6.26 Å². The van der Waals surface area contributed by atoms with Gasteiger partial charge in [0.15, 0.2) is 5.76 Å². The fourth-order valence-electron chi connectivity index (χ4n) is 3.50. The van der Waals surface area contributed by atoms with E-state index in [1.165, 1.54) is 6.26 Å². The molecule has 1 amide bonds. The number of hydrogen-bond acceptors (Lipinski definition) is 4. The van der Waals surface area contributed by atoms with Gasteiger partial charge in [-0.1, -0.05) is 23.8 Å². The van der Waals surface area contributed by atoms with Crippen molar-refractivity contribution in [3.05, 3.63) is 59.0 Å². The molecule has 26 heavy (non-hydrogen) atoms. The van der Waals surface area contributed by atoms with Gasteiger partial charge in [-0.05, 0) is 43.5 Å². The van der Waals surface area contributed by atoms with E-state index in [9.17, 15) is 14.7 Å². The van der Waals surface area contributed by atoms with Crippen LogP contribution in [0.15, 0.2) is 41.0 Å². The third-order valence-electron chi connectivity index (χ3n) is 4.88. The van der Waals surface area contributed by atoms with Crippen molar-refractivity contribution in [2.75, 3.05) is 26.2 Å². The number of aliphatic carboxylic acids is 1. The number of carbonyl (C=O) groups is 2. The van der Waals surface area contributed by atoms with E-state index >= 15 is 0 Å². The topological polar surface area (TPSA) is 74.0 Å². The number of hydrogen-bond donors (Lipinski definition) is 1.